The van der Waals surface area contributed by atoms with Gasteiger partial charge in [-0.25, -0.2) is 0 Å². The summed E-state index contributed by atoms with van der Waals surface area (Å²) in [5.74, 6) is -0.466. The van der Waals surface area contributed by atoms with Gasteiger partial charge in [0.15, 0.2) is 0 Å². The van der Waals surface area contributed by atoms with Crippen LogP contribution in [0.4, 0.5) is 11.4 Å². The van der Waals surface area contributed by atoms with Gasteiger partial charge in [-0.3, -0.25) is 9.59 Å². The van der Waals surface area contributed by atoms with Crippen LogP contribution in [0.5, 0.6) is 0 Å². The van der Waals surface area contributed by atoms with Crippen LogP contribution in [-0.2, 0) is 9.59 Å². The van der Waals surface area contributed by atoms with E-state index in [0.29, 0.717) is 11.4 Å². The maximum atomic E-state index is 11.9. The Morgan fingerprint density at radius 1 is 1.21 bits per heavy atom. The molecule has 0 fully saturated rings. The second kappa shape index (κ2) is 5.73. The Labute approximate surface area is 113 Å². The highest BCUT2D eigenvalue weighted by atomic mass is 16.2. The van der Waals surface area contributed by atoms with E-state index in [1.54, 1.807) is 52.0 Å². The predicted molar refractivity (Wildman–Crippen MR) is 76.5 cm³/mol. The van der Waals surface area contributed by atoms with Crippen molar-refractivity contribution in [2.24, 2.45) is 5.41 Å². The smallest absolute Gasteiger partial charge is 0.246 e. The number of nitrogens with one attached hydrogen (secondary N) is 2. The minimum absolute atomic E-state index is 0.170. The third kappa shape index (κ3) is 4.28. The van der Waals surface area contributed by atoms with Crippen LogP contribution in [0.2, 0.25) is 0 Å². The maximum Gasteiger partial charge on any atom is 0.246 e. The lowest BCUT2D eigenvalue weighted by molar-refractivity contribution is -0.131. The third-order valence-electron chi connectivity index (χ3n) is 2.64. The molecule has 0 saturated carbocycles. The number of hydrogen-bond acceptors (Lipinski definition) is 3. The van der Waals surface area contributed by atoms with Gasteiger partial charge in [-0.1, -0.05) is 32.9 Å². The van der Waals surface area contributed by atoms with Crippen LogP contribution in [0.1, 0.15) is 27.7 Å². The standard InChI is InChI=1S/C14H21N3O2/c1-9(16-13(19)14(2,3)4)12(18)17-11-8-6-5-7-10(11)15/h5-9H,15H2,1-4H3,(H,16,19)(H,17,18). The van der Waals surface area contributed by atoms with Crippen molar-refractivity contribution in [2.45, 2.75) is 33.7 Å². The molecule has 0 heterocycles. The molecule has 19 heavy (non-hydrogen) atoms. The number of nitrogens with two attached hydrogens (primary N) is 1. The molecule has 1 unspecified atom stereocenters. The molecule has 0 saturated heterocycles. The number of rotatable bonds is 3. The van der Waals surface area contributed by atoms with E-state index >= 15 is 0 Å². The van der Waals surface area contributed by atoms with Crippen molar-refractivity contribution in [1.29, 1.82) is 0 Å². The molecular formula is C14H21N3O2. The van der Waals surface area contributed by atoms with Gasteiger partial charge in [0.2, 0.25) is 11.8 Å². The maximum absolute atomic E-state index is 11.9. The summed E-state index contributed by atoms with van der Waals surface area (Å²) in [5.41, 5.74) is 6.25. The average molecular weight is 263 g/mol. The van der Waals surface area contributed by atoms with E-state index in [4.69, 9.17) is 5.73 Å². The van der Waals surface area contributed by atoms with Crippen LogP contribution in [0, 0.1) is 5.41 Å². The van der Waals surface area contributed by atoms with Gasteiger partial charge in [0.05, 0.1) is 11.4 Å². The van der Waals surface area contributed by atoms with Crippen LogP contribution >= 0.6 is 0 Å². The Balaban J connectivity index is 2.64. The quantitative estimate of drug-likeness (QED) is 0.726. The minimum atomic E-state index is -0.619. The van der Waals surface area contributed by atoms with Crippen LogP contribution in [0.3, 0.4) is 0 Å². The topological polar surface area (TPSA) is 84.2 Å². The first-order chi connectivity index (χ1) is 8.71. The highest BCUT2D eigenvalue weighted by Gasteiger charge is 2.25. The number of carbonyl (C=O) groups excluding carboxylic acids is 2. The van der Waals surface area contributed by atoms with Crippen molar-refractivity contribution in [3.8, 4) is 0 Å². The number of anilines is 2. The first kappa shape index (κ1) is 15.0. The molecule has 0 aliphatic rings. The number of benzene rings is 1. The predicted octanol–water partition coefficient (Wildman–Crippen LogP) is 1.76. The largest absolute Gasteiger partial charge is 0.397 e. The number of nitrogen functional groups attached to an aromatic ring is 1. The summed E-state index contributed by atoms with van der Waals surface area (Å²) < 4.78 is 0. The van der Waals surface area contributed by atoms with E-state index in [9.17, 15) is 9.59 Å². The van der Waals surface area contributed by atoms with Gasteiger partial charge in [0.25, 0.3) is 0 Å². The van der Waals surface area contributed by atoms with Crippen molar-refractivity contribution >= 4 is 23.2 Å². The first-order valence-corrected chi connectivity index (χ1v) is 6.18. The van der Waals surface area contributed by atoms with E-state index in [2.05, 4.69) is 10.6 Å². The summed E-state index contributed by atoms with van der Waals surface area (Å²) in [4.78, 5) is 23.7. The van der Waals surface area contributed by atoms with Crippen LogP contribution in [0.15, 0.2) is 24.3 Å². The van der Waals surface area contributed by atoms with Crippen molar-refractivity contribution in [3.63, 3.8) is 0 Å². The third-order valence-corrected chi connectivity index (χ3v) is 2.64. The molecule has 1 atom stereocenters. The molecule has 2 amide bonds. The molecule has 1 rings (SSSR count). The van der Waals surface area contributed by atoms with Crippen molar-refractivity contribution in [2.75, 3.05) is 11.1 Å². The van der Waals surface area contributed by atoms with Crippen LogP contribution in [-0.4, -0.2) is 17.9 Å². The summed E-state index contributed by atoms with van der Waals surface area (Å²) in [5, 5.41) is 5.36. The lowest BCUT2D eigenvalue weighted by Gasteiger charge is -2.21. The Bertz CT molecular complexity index is 478. The molecule has 5 nitrogen and oxygen atoms in total. The van der Waals surface area contributed by atoms with Crippen LogP contribution < -0.4 is 16.4 Å². The van der Waals surface area contributed by atoms with Gasteiger partial charge in [0, 0.05) is 5.41 Å². The van der Waals surface area contributed by atoms with Crippen LogP contribution in [0.25, 0.3) is 0 Å². The molecule has 0 aromatic heterocycles. The molecule has 0 radical (unpaired) electrons. The molecule has 5 heteroatoms. The molecule has 1 aromatic rings. The number of para-hydroxylation sites is 2. The zero-order valence-electron chi connectivity index (χ0n) is 11.8. The molecule has 0 aliphatic carbocycles. The highest BCUT2D eigenvalue weighted by Crippen LogP contribution is 2.17. The normalized spacial score (nSPS) is 12.6. The van der Waals surface area contributed by atoms with Gasteiger partial charge in [-0.2, -0.15) is 0 Å². The lowest BCUT2D eigenvalue weighted by Crippen LogP contribution is -2.46. The SMILES string of the molecule is CC(NC(=O)C(C)(C)C)C(=O)Nc1ccccc1N. The minimum Gasteiger partial charge on any atom is -0.397 e. The molecule has 104 valence electrons. The fourth-order valence-electron chi connectivity index (χ4n) is 1.33. The second-order valence-corrected chi connectivity index (χ2v) is 5.52. The fourth-order valence-corrected chi connectivity index (χ4v) is 1.33. The highest BCUT2D eigenvalue weighted by molar-refractivity contribution is 5.99. The zero-order valence-corrected chi connectivity index (χ0v) is 11.8. The first-order valence-electron chi connectivity index (χ1n) is 6.18. The van der Waals surface area contributed by atoms with Crippen molar-refractivity contribution in [3.05, 3.63) is 24.3 Å². The number of hydrogen-bond donors (Lipinski definition) is 3. The lowest BCUT2D eigenvalue weighted by atomic mass is 9.95. The number of amides is 2. The van der Waals surface area contributed by atoms with Gasteiger partial charge < -0.3 is 16.4 Å². The van der Waals surface area contributed by atoms with Crippen molar-refractivity contribution < 1.29 is 9.59 Å². The summed E-state index contributed by atoms with van der Waals surface area (Å²) in [6, 6.07) is 6.37. The molecule has 0 aliphatic heterocycles. The van der Waals surface area contributed by atoms with E-state index < -0.39 is 11.5 Å². The molecule has 0 spiro atoms. The summed E-state index contributed by atoms with van der Waals surface area (Å²) >= 11 is 0. The Kier molecular flexibility index (Phi) is 4.53. The Morgan fingerprint density at radius 3 is 2.32 bits per heavy atom. The van der Waals surface area contributed by atoms with Gasteiger partial charge in [0.1, 0.15) is 6.04 Å². The van der Waals surface area contributed by atoms with E-state index in [-0.39, 0.29) is 11.8 Å². The van der Waals surface area contributed by atoms with E-state index in [0.717, 1.165) is 0 Å². The van der Waals surface area contributed by atoms with Gasteiger partial charge in [-0.05, 0) is 19.1 Å². The summed E-state index contributed by atoms with van der Waals surface area (Å²) in [6.07, 6.45) is 0. The van der Waals surface area contributed by atoms with Gasteiger partial charge >= 0.3 is 0 Å². The fraction of sp³-hybridized carbons (Fsp3) is 0.429. The average Bonchev–Trinajstić information content (AvgIpc) is 2.30. The summed E-state index contributed by atoms with van der Waals surface area (Å²) in [6.45, 7) is 7.02. The molecule has 4 N–H and O–H groups in total. The zero-order chi connectivity index (χ0) is 14.6. The second-order valence-electron chi connectivity index (χ2n) is 5.52. The van der Waals surface area contributed by atoms with E-state index in [1.807, 2.05) is 0 Å². The molecule has 0 bridgehead atoms. The Hall–Kier alpha value is -2.04. The van der Waals surface area contributed by atoms with E-state index in [1.165, 1.54) is 0 Å². The molecular weight excluding hydrogens is 242 g/mol. The molecule has 1 aromatic carbocycles. The number of carbonyl (C=O) groups is 2. The van der Waals surface area contributed by atoms with Gasteiger partial charge in [-0.15, -0.1) is 0 Å². The Morgan fingerprint density at radius 2 is 1.79 bits per heavy atom. The monoisotopic (exact) mass is 263 g/mol. The van der Waals surface area contributed by atoms with Crippen molar-refractivity contribution in [1.82, 2.24) is 5.32 Å². The summed E-state index contributed by atoms with van der Waals surface area (Å²) in [7, 11) is 0.